The lowest BCUT2D eigenvalue weighted by Gasteiger charge is -2.31. The summed E-state index contributed by atoms with van der Waals surface area (Å²) >= 11 is 0. The van der Waals surface area contributed by atoms with Crippen molar-refractivity contribution in [1.29, 1.82) is 0 Å². The van der Waals surface area contributed by atoms with Crippen LogP contribution in [0.25, 0.3) is 0 Å². The van der Waals surface area contributed by atoms with Crippen LogP contribution in [-0.4, -0.2) is 49.0 Å². The van der Waals surface area contributed by atoms with Gasteiger partial charge in [0.15, 0.2) is 6.10 Å². The molecule has 130 valence electrons. The lowest BCUT2D eigenvalue weighted by Crippen LogP contribution is -2.43. The summed E-state index contributed by atoms with van der Waals surface area (Å²) in [6.45, 7) is 7.34. The molecular weight excluding hydrogens is 298 g/mol. The van der Waals surface area contributed by atoms with Gasteiger partial charge >= 0.3 is 6.09 Å². The minimum atomic E-state index is -0.802. The highest BCUT2D eigenvalue weighted by Gasteiger charge is 2.27. The van der Waals surface area contributed by atoms with Crippen molar-refractivity contribution in [2.24, 2.45) is 0 Å². The van der Waals surface area contributed by atoms with E-state index in [1.807, 2.05) is 27.7 Å². The summed E-state index contributed by atoms with van der Waals surface area (Å²) in [4.78, 5) is 14.0. The Labute approximate surface area is 138 Å². The summed E-state index contributed by atoms with van der Waals surface area (Å²) in [6, 6.07) is 5.14. The first-order valence-electron chi connectivity index (χ1n) is 7.67. The number of nitrogens with zero attached hydrogens (tertiary/aromatic N) is 1. The zero-order chi connectivity index (χ0) is 17.6. The molecule has 0 aromatic heterocycles. The van der Waals surface area contributed by atoms with Gasteiger partial charge in [-0.15, -0.1) is 0 Å². The van der Waals surface area contributed by atoms with Crippen molar-refractivity contribution in [3.63, 3.8) is 0 Å². The van der Waals surface area contributed by atoms with Crippen molar-refractivity contribution in [3.8, 4) is 11.5 Å². The zero-order valence-corrected chi connectivity index (χ0v) is 14.7. The van der Waals surface area contributed by atoms with Crippen LogP contribution in [0.1, 0.15) is 39.4 Å². The lowest BCUT2D eigenvalue weighted by molar-refractivity contribution is 0.0192. The Morgan fingerprint density at radius 1 is 1.13 bits per heavy atom. The number of ether oxygens (including phenoxy) is 3. The van der Waals surface area contributed by atoms with Crippen molar-refractivity contribution in [2.75, 3.05) is 20.8 Å². The molecule has 1 unspecified atom stereocenters. The van der Waals surface area contributed by atoms with Gasteiger partial charge in [0.1, 0.15) is 11.5 Å². The SMILES string of the molecule is COc1ccc(C(CO)OC(=O)N(C(C)C)C(C)C)c(OC)c1. The molecule has 0 heterocycles. The first-order valence-corrected chi connectivity index (χ1v) is 7.67. The average Bonchev–Trinajstić information content (AvgIpc) is 2.51. The van der Waals surface area contributed by atoms with E-state index in [4.69, 9.17) is 14.2 Å². The minimum Gasteiger partial charge on any atom is -0.497 e. The second-order valence-electron chi connectivity index (χ2n) is 5.76. The van der Waals surface area contributed by atoms with Crippen LogP contribution < -0.4 is 9.47 Å². The Bertz CT molecular complexity index is 508. The first kappa shape index (κ1) is 19.1. The van der Waals surface area contributed by atoms with Gasteiger partial charge in [-0.1, -0.05) is 0 Å². The number of aliphatic hydroxyl groups is 1. The van der Waals surface area contributed by atoms with Crippen LogP contribution >= 0.6 is 0 Å². The van der Waals surface area contributed by atoms with Crippen molar-refractivity contribution >= 4 is 6.09 Å². The molecule has 0 fully saturated rings. The maximum absolute atomic E-state index is 12.4. The Balaban J connectivity index is 3.03. The van der Waals surface area contributed by atoms with E-state index in [0.717, 1.165) is 0 Å². The third kappa shape index (κ3) is 4.76. The number of hydrogen-bond donors (Lipinski definition) is 1. The van der Waals surface area contributed by atoms with Crippen LogP contribution in [0.3, 0.4) is 0 Å². The number of methoxy groups -OCH3 is 2. The molecule has 1 amide bonds. The average molecular weight is 325 g/mol. The smallest absolute Gasteiger partial charge is 0.410 e. The summed E-state index contributed by atoms with van der Waals surface area (Å²) in [5.41, 5.74) is 0.594. The number of amides is 1. The maximum atomic E-state index is 12.4. The number of carbonyl (C=O) groups excluding carboxylic acids is 1. The topological polar surface area (TPSA) is 68.2 Å². The molecule has 1 aromatic carbocycles. The molecule has 0 saturated carbocycles. The van der Waals surface area contributed by atoms with Crippen molar-refractivity contribution in [1.82, 2.24) is 4.90 Å². The summed E-state index contributed by atoms with van der Waals surface area (Å²) in [5, 5.41) is 9.65. The van der Waals surface area contributed by atoms with E-state index in [1.54, 1.807) is 30.2 Å². The second kappa shape index (κ2) is 8.62. The van der Waals surface area contributed by atoms with Crippen LogP contribution in [0.2, 0.25) is 0 Å². The molecule has 23 heavy (non-hydrogen) atoms. The Kier molecular flexibility index (Phi) is 7.16. The second-order valence-corrected chi connectivity index (χ2v) is 5.76. The number of carbonyl (C=O) groups is 1. The fraction of sp³-hybridized carbons (Fsp3) is 0.588. The van der Waals surface area contributed by atoms with Crippen molar-refractivity contribution in [2.45, 2.75) is 45.9 Å². The van der Waals surface area contributed by atoms with Crippen LogP contribution in [-0.2, 0) is 4.74 Å². The highest BCUT2D eigenvalue weighted by Crippen LogP contribution is 2.31. The zero-order valence-electron chi connectivity index (χ0n) is 14.7. The number of hydrogen-bond acceptors (Lipinski definition) is 5. The molecule has 0 saturated heterocycles. The standard InChI is InChI=1S/C17H27NO5/c1-11(2)18(12(3)4)17(20)23-16(10-19)14-8-7-13(21-5)9-15(14)22-6/h7-9,11-12,16,19H,10H2,1-6H3. The molecule has 1 N–H and O–H groups in total. The molecule has 0 spiro atoms. The normalized spacial score (nSPS) is 12.2. The van der Waals surface area contributed by atoms with Crippen LogP contribution in [0.5, 0.6) is 11.5 Å². The third-order valence-corrected chi connectivity index (χ3v) is 3.52. The highest BCUT2D eigenvalue weighted by molar-refractivity contribution is 5.69. The number of rotatable bonds is 7. The van der Waals surface area contributed by atoms with Crippen molar-refractivity contribution < 1.29 is 24.1 Å². The quantitative estimate of drug-likeness (QED) is 0.834. The van der Waals surface area contributed by atoms with E-state index in [9.17, 15) is 9.90 Å². The number of benzene rings is 1. The highest BCUT2D eigenvalue weighted by atomic mass is 16.6. The molecule has 0 aliphatic heterocycles. The van der Waals surface area contributed by atoms with Crippen LogP contribution in [0.15, 0.2) is 18.2 Å². The Morgan fingerprint density at radius 2 is 1.74 bits per heavy atom. The minimum absolute atomic E-state index is 0.000365. The Morgan fingerprint density at radius 3 is 2.17 bits per heavy atom. The molecule has 6 nitrogen and oxygen atoms in total. The largest absolute Gasteiger partial charge is 0.497 e. The van der Waals surface area contributed by atoms with Crippen molar-refractivity contribution in [3.05, 3.63) is 23.8 Å². The van der Waals surface area contributed by atoms with Gasteiger partial charge in [0.05, 0.1) is 20.8 Å². The van der Waals surface area contributed by atoms with E-state index in [0.29, 0.717) is 17.1 Å². The van der Waals surface area contributed by atoms with E-state index >= 15 is 0 Å². The van der Waals surface area contributed by atoms with Gasteiger partial charge in [0.25, 0.3) is 0 Å². The third-order valence-electron chi connectivity index (χ3n) is 3.52. The summed E-state index contributed by atoms with van der Waals surface area (Å²) in [5.74, 6) is 1.12. The molecule has 6 heteroatoms. The van der Waals surface area contributed by atoms with Gasteiger partial charge < -0.3 is 24.2 Å². The Hall–Kier alpha value is -1.95. The van der Waals surface area contributed by atoms with Crippen LogP contribution in [0.4, 0.5) is 4.79 Å². The first-order chi connectivity index (χ1) is 10.8. The van der Waals surface area contributed by atoms with Gasteiger partial charge in [-0.25, -0.2) is 4.79 Å². The molecule has 0 radical (unpaired) electrons. The monoisotopic (exact) mass is 325 g/mol. The van der Waals surface area contributed by atoms with Gasteiger partial charge in [-0.05, 0) is 39.8 Å². The molecule has 0 aliphatic rings. The van der Waals surface area contributed by atoms with Gasteiger partial charge in [0, 0.05) is 23.7 Å². The molecule has 1 aromatic rings. The van der Waals surface area contributed by atoms with E-state index in [-0.39, 0.29) is 18.7 Å². The molecule has 0 bridgehead atoms. The summed E-state index contributed by atoms with van der Waals surface area (Å²) in [7, 11) is 3.07. The van der Waals surface area contributed by atoms with Gasteiger partial charge in [-0.2, -0.15) is 0 Å². The van der Waals surface area contributed by atoms with Gasteiger partial charge in [0.2, 0.25) is 0 Å². The van der Waals surface area contributed by atoms with E-state index in [1.165, 1.54) is 7.11 Å². The van der Waals surface area contributed by atoms with Crippen LogP contribution in [0, 0.1) is 0 Å². The summed E-state index contributed by atoms with van der Waals surface area (Å²) in [6.07, 6.45) is -1.27. The number of aliphatic hydroxyl groups excluding tert-OH is 1. The van der Waals surface area contributed by atoms with E-state index in [2.05, 4.69) is 0 Å². The fourth-order valence-corrected chi connectivity index (χ4v) is 2.48. The predicted molar refractivity (Wildman–Crippen MR) is 88.0 cm³/mol. The fourth-order valence-electron chi connectivity index (χ4n) is 2.48. The molecule has 1 atom stereocenters. The predicted octanol–water partition coefficient (Wildman–Crippen LogP) is 2.99. The van der Waals surface area contributed by atoms with Gasteiger partial charge in [-0.3, -0.25) is 0 Å². The molecule has 0 aliphatic carbocycles. The lowest BCUT2D eigenvalue weighted by atomic mass is 10.1. The molecule has 1 rings (SSSR count). The maximum Gasteiger partial charge on any atom is 0.410 e. The summed E-state index contributed by atoms with van der Waals surface area (Å²) < 4.78 is 16.0. The van der Waals surface area contributed by atoms with E-state index < -0.39 is 12.2 Å². The molecular formula is C17H27NO5.